The lowest BCUT2D eigenvalue weighted by Gasteiger charge is -2.31. The van der Waals surface area contributed by atoms with Gasteiger partial charge in [-0.3, -0.25) is 0 Å². The van der Waals surface area contributed by atoms with Gasteiger partial charge in [0.15, 0.2) is 12.4 Å². The van der Waals surface area contributed by atoms with Crippen molar-refractivity contribution in [1.29, 1.82) is 0 Å². The molecule has 0 bridgehead atoms. The Labute approximate surface area is 110 Å². The highest BCUT2D eigenvalue weighted by molar-refractivity contribution is 5.92. The summed E-state index contributed by atoms with van der Waals surface area (Å²) in [6, 6.07) is 0. The van der Waals surface area contributed by atoms with Crippen molar-refractivity contribution < 1.29 is 19.3 Å². The Morgan fingerprint density at radius 3 is 2.84 bits per heavy atom. The van der Waals surface area contributed by atoms with Gasteiger partial charge in [0.25, 0.3) is 0 Å². The smallest absolute Gasteiger partial charge is 0.174 e. The van der Waals surface area contributed by atoms with Crippen LogP contribution in [0.2, 0.25) is 0 Å². The molecule has 0 saturated carbocycles. The van der Waals surface area contributed by atoms with Crippen LogP contribution in [0, 0.1) is 0 Å². The molecule has 2 heterocycles. The van der Waals surface area contributed by atoms with E-state index in [-0.39, 0.29) is 11.7 Å². The van der Waals surface area contributed by atoms with Gasteiger partial charge in [0.2, 0.25) is 0 Å². The molecule has 104 valence electrons. The van der Waals surface area contributed by atoms with E-state index in [0.29, 0.717) is 0 Å². The SMILES string of the molecule is C=C[C@]1(CO)O[C@@H](N2C=CC(N)=NC2=C)[C@@H](F)[C@@H]1O. The lowest BCUT2D eigenvalue weighted by atomic mass is 9.97. The highest BCUT2D eigenvalue weighted by Gasteiger charge is 2.55. The van der Waals surface area contributed by atoms with Crippen molar-refractivity contribution in [2.45, 2.75) is 24.1 Å². The molecule has 2 aliphatic heterocycles. The number of aliphatic hydroxyl groups is 2. The molecule has 2 rings (SSSR count). The fourth-order valence-electron chi connectivity index (χ4n) is 2.08. The van der Waals surface area contributed by atoms with Gasteiger partial charge in [0, 0.05) is 6.20 Å². The van der Waals surface area contributed by atoms with E-state index in [9.17, 15) is 14.6 Å². The van der Waals surface area contributed by atoms with Crippen LogP contribution < -0.4 is 5.73 Å². The van der Waals surface area contributed by atoms with Gasteiger partial charge in [-0.05, 0) is 6.08 Å². The molecule has 1 saturated heterocycles. The third kappa shape index (κ3) is 2.05. The molecular weight excluding hydrogens is 253 g/mol. The third-order valence-corrected chi connectivity index (χ3v) is 3.24. The average Bonchev–Trinajstić information content (AvgIpc) is 2.64. The van der Waals surface area contributed by atoms with Crippen LogP contribution in [0.15, 0.2) is 42.3 Å². The zero-order valence-corrected chi connectivity index (χ0v) is 10.2. The molecule has 1 fully saturated rings. The number of rotatable bonds is 3. The minimum atomic E-state index is -1.75. The molecule has 0 radical (unpaired) electrons. The molecule has 0 amide bonds. The molecule has 4 N–H and O–H groups in total. The fourth-order valence-corrected chi connectivity index (χ4v) is 2.08. The molecule has 19 heavy (non-hydrogen) atoms. The van der Waals surface area contributed by atoms with Crippen LogP contribution in [-0.2, 0) is 4.74 Å². The number of aliphatic hydroxyl groups excluding tert-OH is 2. The molecule has 0 aromatic heterocycles. The number of ether oxygens (including phenoxy) is 1. The van der Waals surface area contributed by atoms with Crippen LogP contribution >= 0.6 is 0 Å². The number of halogens is 1. The maximum atomic E-state index is 14.2. The predicted molar refractivity (Wildman–Crippen MR) is 67.5 cm³/mol. The summed E-state index contributed by atoms with van der Waals surface area (Å²) < 4.78 is 19.6. The van der Waals surface area contributed by atoms with Gasteiger partial charge < -0.3 is 25.6 Å². The minimum absolute atomic E-state index is 0.192. The number of hydrogen-bond acceptors (Lipinski definition) is 6. The maximum Gasteiger partial charge on any atom is 0.174 e. The first-order valence-corrected chi connectivity index (χ1v) is 5.69. The summed E-state index contributed by atoms with van der Waals surface area (Å²) in [5, 5.41) is 19.2. The number of hydrogen-bond donors (Lipinski definition) is 3. The van der Waals surface area contributed by atoms with Crippen LogP contribution in [0.3, 0.4) is 0 Å². The lowest BCUT2D eigenvalue weighted by Crippen LogP contribution is -2.43. The van der Waals surface area contributed by atoms with Gasteiger partial charge in [0.05, 0.1) is 6.61 Å². The summed E-state index contributed by atoms with van der Waals surface area (Å²) in [6.45, 7) is 6.52. The van der Waals surface area contributed by atoms with E-state index in [4.69, 9.17) is 10.5 Å². The number of nitrogens with two attached hydrogens (primary N) is 1. The number of aliphatic imine (C=N–C) groups is 1. The maximum absolute atomic E-state index is 14.2. The van der Waals surface area contributed by atoms with Crippen molar-refractivity contribution >= 4 is 5.84 Å². The number of amidine groups is 1. The first kappa shape index (κ1) is 13.7. The second-order valence-corrected chi connectivity index (χ2v) is 4.39. The Morgan fingerprint density at radius 2 is 2.37 bits per heavy atom. The molecular formula is C12H16FN3O3. The Balaban J connectivity index is 2.26. The number of alkyl halides is 1. The molecule has 6 nitrogen and oxygen atoms in total. The van der Waals surface area contributed by atoms with Crippen LogP contribution in [0.25, 0.3) is 0 Å². The van der Waals surface area contributed by atoms with Crippen LogP contribution in [0.1, 0.15) is 0 Å². The predicted octanol–water partition coefficient (Wildman–Crippen LogP) is -0.384. The van der Waals surface area contributed by atoms with E-state index in [2.05, 4.69) is 18.2 Å². The summed E-state index contributed by atoms with van der Waals surface area (Å²) in [6.07, 6.45) is -0.306. The van der Waals surface area contributed by atoms with Crippen molar-refractivity contribution in [3.05, 3.63) is 37.3 Å². The first-order valence-electron chi connectivity index (χ1n) is 5.69. The van der Waals surface area contributed by atoms with E-state index in [1.54, 1.807) is 0 Å². The molecule has 4 atom stereocenters. The quantitative estimate of drug-likeness (QED) is 0.607. The molecule has 7 heteroatoms. The molecule has 0 aromatic carbocycles. The summed E-state index contributed by atoms with van der Waals surface area (Å²) in [5.74, 6) is 0.435. The Morgan fingerprint density at radius 1 is 1.68 bits per heavy atom. The lowest BCUT2D eigenvalue weighted by molar-refractivity contribution is -0.105. The zero-order chi connectivity index (χ0) is 14.2. The Bertz CT molecular complexity index is 465. The molecule has 0 aromatic rings. The van der Waals surface area contributed by atoms with E-state index >= 15 is 0 Å². The van der Waals surface area contributed by atoms with Crippen LogP contribution in [-0.4, -0.2) is 51.7 Å². The monoisotopic (exact) mass is 269 g/mol. The normalized spacial score (nSPS) is 38.5. The summed E-state index contributed by atoms with van der Waals surface area (Å²) in [4.78, 5) is 5.20. The standard InChI is InChI=1S/C12H16FN3O3/c1-3-12(6-17)10(18)9(13)11(19-12)16-5-4-8(14)15-7(16)2/h3-5,9-11,17-18H,1-2,6H2,(H2,14,15)/t9-,10-,11+,12+/m0/s1. The highest BCUT2D eigenvalue weighted by Crippen LogP contribution is 2.37. The fraction of sp³-hybridized carbons (Fsp3) is 0.417. The Hall–Kier alpha value is -1.70. The average molecular weight is 269 g/mol. The van der Waals surface area contributed by atoms with Crippen molar-refractivity contribution in [2.75, 3.05) is 6.61 Å². The zero-order valence-electron chi connectivity index (χ0n) is 10.2. The van der Waals surface area contributed by atoms with Crippen molar-refractivity contribution in [1.82, 2.24) is 4.90 Å². The topological polar surface area (TPSA) is 91.3 Å². The summed E-state index contributed by atoms with van der Waals surface area (Å²) >= 11 is 0. The highest BCUT2D eigenvalue weighted by atomic mass is 19.1. The van der Waals surface area contributed by atoms with Gasteiger partial charge >= 0.3 is 0 Å². The molecule has 2 aliphatic rings. The van der Waals surface area contributed by atoms with Gasteiger partial charge in [0.1, 0.15) is 23.4 Å². The van der Waals surface area contributed by atoms with E-state index in [0.717, 1.165) is 0 Å². The largest absolute Gasteiger partial charge is 0.393 e. The van der Waals surface area contributed by atoms with E-state index in [1.807, 2.05) is 0 Å². The molecule has 0 unspecified atom stereocenters. The first-order chi connectivity index (χ1) is 8.95. The van der Waals surface area contributed by atoms with Crippen molar-refractivity contribution in [3.8, 4) is 0 Å². The van der Waals surface area contributed by atoms with Crippen molar-refractivity contribution in [3.63, 3.8) is 0 Å². The van der Waals surface area contributed by atoms with Gasteiger partial charge in [-0.1, -0.05) is 12.7 Å². The van der Waals surface area contributed by atoms with Crippen molar-refractivity contribution in [2.24, 2.45) is 10.7 Å². The Kier molecular flexibility index (Phi) is 3.44. The molecule has 0 spiro atoms. The summed E-state index contributed by atoms with van der Waals surface area (Å²) in [5.41, 5.74) is 3.95. The van der Waals surface area contributed by atoms with E-state index < -0.39 is 30.7 Å². The van der Waals surface area contributed by atoms with Gasteiger partial charge in [-0.25, -0.2) is 9.38 Å². The van der Waals surface area contributed by atoms with Gasteiger partial charge in [-0.2, -0.15) is 0 Å². The second kappa shape index (κ2) is 4.76. The number of nitrogens with zero attached hydrogens (tertiary/aromatic N) is 2. The van der Waals surface area contributed by atoms with Gasteiger partial charge in [-0.15, -0.1) is 6.58 Å². The third-order valence-electron chi connectivity index (χ3n) is 3.24. The van der Waals surface area contributed by atoms with Crippen LogP contribution in [0.4, 0.5) is 4.39 Å². The van der Waals surface area contributed by atoms with E-state index in [1.165, 1.54) is 23.3 Å². The second-order valence-electron chi connectivity index (χ2n) is 4.39. The molecule has 0 aliphatic carbocycles. The van der Waals surface area contributed by atoms with Crippen LogP contribution in [0.5, 0.6) is 0 Å². The minimum Gasteiger partial charge on any atom is -0.393 e. The summed E-state index contributed by atoms with van der Waals surface area (Å²) in [7, 11) is 0.